The number of anilines is 1. The second-order valence-corrected chi connectivity index (χ2v) is 6.27. The standard InChI is InChI=1S/C18H19ClN2O4/c1-11(2)14-6-4-5-7-16(14)20-18(22)12(3)25-17-9-8-13(21(23)24)10-15(17)19/h4-12H,1-3H3,(H,20,22)/t12-/m1/s1. The molecule has 7 heteroatoms. The lowest BCUT2D eigenvalue weighted by atomic mass is 10.0. The summed E-state index contributed by atoms with van der Waals surface area (Å²) in [5.74, 6) is 0.145. The Morgan fingerprint density at radius 1 is 1.20 bits per heavy atom. The number of nitro benzene ring substituents is 1. The van der Waals surface area contributed by atoms with Crippen molar-refractivity contribution in [3.05, 3.63) is 63.2 Å². The molecule has 0 aliphatic heterocycles. The third kappa shape index (κ3) is 4.70. The van der Waals surface area contributed by atoms with E-state index in [0.717, 1.165) is 11.3 Å². The van der Waals surface area contributed by atoms with Gasteiger partial charge >= 0.3 is 0 Å². The number of benzene rings is 2. The van der Waals surface area contributed by atoms with Gasteiger partial charge in [0.1, 0.15) is 5.75 Å². The minimum atomic E-state index is -0.820. The van der Waals surface area contributed by atoms with Crippen molar-refractivity contribution >= 4 is 28.9 Å². The third-order valence-corrected chi connectivity index (χ3v) is 3.94. The summed E-state index contributed by atoms with van der Waals surface area (Å²) in [4.78, 5) is 22.6. The summed E-state index contributed by atoms with van der Waals surface area (Å²) in [7, 11) is 0. The van der Waals surface area contributed by atoms with E-state index in [4.69, 9.17) is 16.3 Å². The topological polar surface area (TPSA) is 81.5 Å². The normalized spacial score (nSPS) is 11.9. The molecule has 0 aliphatic carbocycles. The molecular formula is C18H19ClN2O4. The number of halogens is 1. The predicted molar refractivity (Wildman–Crippen MR) is 97.4 cm³/mol. The molecule has 0 aromatic heterocycles. The summed E-state index contributed by atoms with van der Waals surface area (Å²) in [5.41, 5.74) is 1.62. The van der Waals surface area contributed by atoms with E-state index in [1.807, 2.05) is 38.1 Å². The molecule has 1 atom stereocenters. The highest BCUT2D eigenvalue weighted by molar-refractivity contribution is 6.32. The smallest absolute Gasteiger partial charge is 0.271 e. The molecule has 0 saturated heterocycles. The van der Waals surface area contributed by atoms with Gasteiger partial charge in [-0.1, -0.05) is 43.6 Å². The van der Waals surface area contributed by atoms with E-state index in [1.54, 1.807) is 6.92 Å². The van der Waals surface area contributed by atoms with Gasteiger partial charge in [0.15, 0.2) is 6.10 Å². The molecular weight excluding hydrogens is 344 g/mol. The second kappa shape index (κ2) is 7.98. The van der Waals surface area contributed by atoms with Crippen LogP contribution in [-0.2, 0) is 4.79 Å². The zero-order valence-electron chi connectivity index (χ0n) is 14.2. The highest BCUT2D eigenvalue weighted by atomic mass is 35.5. The van der Waals surface area contributed by atoms with Gasteiger partial charge in [-0.05, 0) is 30.5 Å². The van der Waals surface area contributed by atoms with Gasteiger partial charge in [0.2, 0.25) is 0 Å². The van der Waals surface area contributed by atoms with E-state index in [2.05, 4.69) is 5.32 Å². The third-order valence-electron chi connectivity index (χ3n) is 3.64. The van der Waals surface area contributed by atoms with Crippen LogP contribution < -0.4 is 10.1 Å². The zero-order valence-corrected chi connectivity index (χ0v) is 14.9. The van der Waals surface area contributed by atoms with Crippen molar-refractivity contribution in [3.8, 4) is 5.75 Å². The van der Waals surface area contributed by atoms with E-state index in [1.165, 1.54) is 18.2 Å². The molecule has 0 heterocycles. The van der Waals surface area contributed by atoms with Crippen molar-refractivity contribution in [1.29, 1.82) is 0 Å². The summed E-state index contributed by atoms with van der Waals surface area (Å²) >= 11 is 5.99. The summed E-state index contributed by atoms with van der Waals surface area (Å²) < 4.78 is 5.55. The first-order valence-electron chi connectivity index (χ1n) is 7.80. The number of non-ortho nitro benzene ring substituents is 1. The lowest BCUT2D eigenvalue weighted by Gasteiger charge is -2.18. The average molecular weight is 363 g/mol. The van der Waals surface area contributed by atoms with Crippen molar-refractivity contribution in [1.82, 2.24) is 0 Å². The van der Waals surface area contributed by atoms with Gasteiger partial charge in [-0.15, -0.1) is 0 Å². The molecule has 0 aliphatic rings. The molecule has 25 heavy (non-hydrogen) atoms. The molecule has 0 radical (unpaired) electrons. The highest BCUT2D eigenvalue weighted by Crippen LogP contribution is 2.30. The Labute approximate surface area is 150 Å². The maximum absolute atomic E-state index is 12.4. The number of carbonyl (C=O) groups is 1. The Morgan fingerprint density at radius 2 is 1.88 bits per heavy atom. The Hall–Kier alpha value is -2.60. The van der Waals surface area contributed by atoms with Gasteiger partial charge in [0.25, 0.3) is 11.6 Å². The molecule has 0 spiro atoms. The summed E-state index contributed by atoms with van der Waals surface area (Å²) in [6.07, 6.45) is -0.820. The quantitative estimate of drug-likeness (QED) is 0.592. The van der Waals surface area contributed by atoms with Crippen LogP contribution in [0.5, 0.6) is 5.75 Å². The monoisotopic (exact) mass is 362 g/mol. The van der Waals surface area contributed by atoms with Crippen molar-refractivity contribution in [3.63, 3.8) is 0 Å². The van der Waals surface area contributed by atoms with E-state index in [-0.39, 0.29) is 28.3 Å². The number of hydrogen-bond acceptors (Lipinski definition) is 4. The van der Waals surface area contributed by atoms with E-state index < -0.39 is 11.0 Å². The van der Waals surface area contributed by atoms with E-state index >= 15 is 0 Å². The fourth-order valence-electron chi connectivity index (χ4n) is 2.29. The molecule has 132 valence electrons. The van der Waals surface area contributed by atoms with Gasteiger partial charge in [-0.2, -0.15) is 0 Å². The van der Waals surface area contributed by atoms with Gasteiger partial charge in [0, 0.05) is 17.8 Å². The number of para-hydroxylation sites is 1. The predicted octanol–water partition coefficient (Wildman–Crippen LogP) is 4.78. The molecule has 2 rings (SSSR count). The van der Waals surface area contributed by atoms with Crippen LogP contribution in [0, 0.1) is 10.1 Å². The molecule has 0 unspecified atom stereocenters. The number of nitrogens with one attached hydrogen (secondary N) is 1. The maximum Gasteiger partial charge on any atom is 0.271 e. The number of rotatable bonds is 6. The molecule has 0 fully saturated rings. The number of nitrogens with zero attached hydrogens (tertiary/aromatic N) is 1. The lowest BCUT2D eigenvalue weighted by Crippen LogP contribution is -2.30. The minimum absolute atomic E-state index is 0.0800. The number of carbonyl (C=O) groups excluding carboxylic acids is 1. The number of ether oxygens (including phenoxy) is 1. The summed E-state index contributed by atoms with van der Waals surface area (Å²) in [6, 6.07) is 11.4. The fourth-order valence-corrected chi connectivity index (χ4v) is 2.51. The van der Waals surface area contributed by atoms with Gasteiger partial charge in [-0.3, -0.25) is 14.9 Å². The molecule has 1 amide bonds. The summed E-state index contributed by atoms with van der Waals surface area (Å²) in [5, 5.41) is 13.7. The van der Waals surface area contributed by atoms with Gasteiger partial charge < -0.3 is 10.1 Å². The number of hydrogen-bond donors (Lipinski definition) is 1. The van der Waals surface area contributed by atoms with Crippen molar-refractivity contribution < 1.29 is 14.5 Å². The minimum Gasteiger partial charge on any atom is -0.479 e. The molecule has 1 N–H and O–H groups in total. The van der Waals surface area contributed by atoms with E-state index in [9.17, 15) is 14.9 Å². The molecule has 0 bridgehead atoms. The Morgan fingerprint density at radius 3 is 2.48 bits per heavy atom. The van der Waals surface area contributed by atoms with Crippen LogP contribution in [0.25, 0.3) is 0 Å². The Bertz CT molecular complexity index is 792. The first-order valence-corrected chi connectivity index (χ1v) is 8.17. The van der Waals surface area contributed by atoms with Crippen LogP contribution in [0.15, 0.2) is 42.5 Å². The van der Waals surface area contributed by atoms with Crippen molar-refractivity contribution in [2.75, 3.05) is 5.32 Å². The van der Waals surface area contributed by atoms with Crippen LogP contribution in [0.3, 0.4) is 0 Å². The van der Waals surface area contributed by atoms with Crippen molar-refractivity contribution in [2.45, 2.75) is 32.8 Å². The van der Waals surface area contributed by atoms with Crippen LogP contribution in [0.4, 0.5) is 11.4 Å². The Balaban J connectivity index is 2.10. The SMILES string of the molecule is CC(C)c1ccccc1NC(=O)[C@@H](C)Oc1ccc([N+](=O)[O-])cc1Cl. The average Bonchev–Trinajstić information content (AvgIpc) is 2.56. The van der Waals surface area contributed by atoms with Crippen LogP contribution in [0.2, 0.25) is 5.02 Å². The van der Waals surface area contributed by atoms with Crippen LogP contribution in [0.1, 0.15) is 32.3 Å². The van der Waals surface area contributed by atoms with Crippen molar-refractivity contribution in [2.24, 2.45) is 0 Å². The fraction of sp³-hybridized carbons (Fsp3) is 0.278. The maximum atomic E-state index is 12.4. The molecule has 2 aromatic carbocycles. The number of amides is 1. The first kappa shape index (κ1) is 18.7. The molecule has 2 aromatic rings. The van der Waals surface area contributed by atoms with Crippen LogP contribution >= 0.6 is 11.6 Å². The molecule has 6 nitrogen and oxygen atoms in total. The molecule has 0 saturated carbocycles. The zero-order chi connectivity index (χ0) is 18.6. The lowest BCUT2D eigenvalue weighted by molar-refractivity contribution is -0.384. The summed E-state index contributed by atoms with van der Waals surface area (Å²) in [6.45, 7) is 5.67. The highest BCUT2D eigenvalue weighted by Gasteiger charge is 2.19. The first-order chi connectivity index (χ1) is 11.8. The Kier molecular flexibility index (Phi) is 5.98. The largest absolute Gasteiger partial charge is 0.479 e. The van der Waals surface area contributed by atoms with Crippen LogP contribution in [-0.4, -0.2) is 16.9 Å². The second-order valence-electron chi connectivity index (χ2n) is 5.86. The van der Waals surface area contributed by atoms with Gasteiger partial charge in [0.05, 0.1) is 9.95 Å². The van der Waals surface area contributed by atoms with Gasteiger partial charge in [-0.25, -0.2) is 0 Å². The van der Waals surface area contributed by atoms with E-state index in [0.29, 0.717) is 0 Å². The number of nitro groups is 1.